The third-order valence-corrected chi connectivity index (χ3v) is 7.70. The van der Waals surface area contributed by atoms with Gasteiger partial charge in [-0.2, -0.15) is 10.1 Å². The van der Waals surface area contributed by atoms with Crippen molar-refractivity contribution >= 4 is 68.6 Å². The minimum absolute atomic E-state index is 0.0994. The van der Waals surface area contributed by atoms with Gasteiger partial charge >= 0.3 is 0 Å². The van der Waals surface area contributed by atoms with E-state index in [9.17, 15) is 4.79 Å². The van der Waals surface area contributed by atoms with Crippen molar-refractivity contribution in [1.82, 2.24) is 5.01 Å². The molecule has 6 rings (SSSR count). The van der Waals surface area contributed by atoms with Gasteiger partial charge in [0.1, 0.15) is 0 Å². The summed E-state index contributed by atoms with van der Waals surface area (Å²) in [6.07, 6.45) is 2.52. The SMILES string of the molecule is O=C1N=C(N2N=C(c3ccc4ccccc4c3)CC2c2ccc(Cl)cc2)S/C1=C\c1ccc(Cl)cc1. The number of rotatable bonds is 3. The van der Waals surface area contributed by atoms with Gasteiger partial charge in [0, 0.05) is 16.5 Å². The fourth-order valence-electron chi connectivity index (χ4n) is 4.38. The summed E-state index contributed by atoms with van der Waals surface area (Å²) in [5, 5.41) is 11.1. The first kappa shape index (κ1) is 23.0. The number of hydrazone groups is 1. The molecule has 1 unspecified atom stereocenters. The molecule has 2 heterocycles. The van der Waals surface area contributed by atoms with Crippen LogP contribution in [0.1, 0.15) is 29.2 Å². The summed E-state index contributed by atoms with van der Waals surface area (Å²) in [6, 6.07) is 29.7. The third-order valence-electron chi connectivity index (χ3n) is 6.22. The van der Waals surface area contributed by atoms with E-state index in [1.54, 1.807) is 12.1 Å². The molecular weight excluding hydrogens is 509 g/mol. The molecule has 176 valence electrons. The second-order valence-corrected chi connectivity index (χ2v) is 10.5. The molecular formula is C29H19Cl2N3OS. The number of amidine groups is 1. The lowest BCUT2D eigenvalue weighted by molar-refractivity contribution is -0.113. The Morgan fingerprint density at radius 3 is 2.31 bits per heavy atom. The molecule has 0 fully saturated rings. The van der Waals surface area contributed by atoms with Crippen LogP contribution in [-0.2, 0) is 4.79 Å². The Kier molecular flexibility index (Phi) is 6.13. The number of carbonyl (C=O) groups excluding carboxylic acids is 1. The molecule has 4 aromatic rings. The van der Waals surface area contributed by atoms with Crippen LogP contribution >= 0.6 is 35.0 Å². The summed E-state index contributed by atoms with van der Waals surface area (Å²) >= 11 is 13.5. The van der Waals surface area contributed by atoms with Crippen molar-refractivity contribution in [3.8, 4) is 0 Å². The van der Waals surface area contributed by atoms with Crippen molar-refractivity contribution in [3.05, 3.63) is 123 Å². The van der Waals surface area contributed by atoms with Gasteiger partial charge in [0.05, 0.1) is 16.7 Å². The first-order valence-electron chi connectivity index (χ1n) is 11.4. The molecule has 2 aliphatic heterocycles. The predicted molar refractivity (Wildman–Crippen MR) is 151 cm³/mol. The maximum atomic E-state index is 12.8. The predicted octanol–water partition coefficient (Wildman–Crippen LogP) is 7.97. The number of aliphatic imine (C=N–C) groups is 1. The van der Waals surface area contributed by atoms with Crippen molar-refractivity contribution in [2.45, 2.75) is 12.5 Å². The summed E-state index contributed by atoms with van der Waals surface area (Å²) in [7, 11) is 0. The second-order valence-electron chi connectivity index (χ2n) is 8.59. The Morgan fingerprint density at radius 1 is 0.861 bits per heavy atom. The number of halogens is 2. The van der Waals surface area contributed by atoms with E-state index in [0.29, 0.717) is 26.5 Å². The zero-order valence-electron chi connectivity index (χ0n) is 18.9. The summed E-state index contributed by atoms with van der Waals surface area (Å²) in [6.45, 7) is 0. The minimum atomic E-state index is -0.269. The number of fused-ring (bicyclic) bond motifs is 1. The largest absolute Gasteiger partial charge is 0.286 e. The van der Waals surface area contributed by atoms with E-state index >= 15 is 0 Å². The molecule has 36 heavy (non-hydrogen) atoms. The summed E-state index contributed by atoms with van der Waals surface area (Å²) in [5.41, 5.74) is 3.96. The highest BCUT2D eigenvalue weighted by Crippen LogP contribution is 2.40. The summed E-state index contributed by atoms with van der Waals surface area (Å²) < 4.78 is 0. The molecule has 0 spiro atoms. The number of hydrogen-bond acceptors (Lipinski definition) is 4. The Morgan fingerprint density at radius 2 is 1.56 bits per heavy atom. The molecule has 1 atom stereocenters. The summed E-state index contributed by atoms with van der Waals surface area (Å²) in [4.78, 5) is 17.7. The van der Waals surface area contributed by atoms with Crippen LogP contribution < -0.4 is 0 Å². The lowest BCUT2D eigenvalue weighted by Crippen LogP contribution is -2.23. The van der Waals surface area contributed by atoms with Gasteiger partial charge in [0.2, 0.25) is 0 Å². The van der Waals surface area contributed by atoms with Crippen molar-refractivity contribution in [2.24, 2.45) is 10.1 Å². The Labute approximate surface area is 222 Å². The van der Waals surface area contributed by atoms with Crippen LogP contribution in [-0.4, -0.2) is 21.8 Å². The van der Waals surface area contributed by atoms with Crippen LogP contribution in [0.2, 0.25) is 10.0 Å². The first-order valence-corrected chi connectivity index (χ1v) is 13.0. The van der Waals surface area contributed by atoms with E-state index in [1.165, 1.54) is 17.1 Å². The zero-order valence-corrected chi connectivity index (χ0v) is 21.3. The molecule has 0 saturated carbocycles. The molecule has 4 aromatic carbocycles. The van der Waals surface area contributed by atoms with E-state index in [4.69, 9.17) is 28.3 Å². The topological polar surface area (TPSA) is 45.0 Å². The van der Waals surface area contributed by atoms with Gasteiger partial charge in [0.25, 0.3) is 5.91 Å². The van der Waals surface area contributed by atoms with Gasteiger partial charge in [-0.05, 0) is 75.6 Å². The quantitative estimate of drug-likeness (QED) is 0.254. The van der Waals surface area contributed by atoms with Crippen molar-refractivity contribution in [2.75, 3.05) is 0 Å². The smallest absolute Gasteiger partial charge is 0.266 e. The van der Waals surface area contributed by atoms with E-state index in [2.05, 4.69) is 35.3 Å². The number of amides is 1. The van der Waals surface area contributed by atoms with Gasteiger partial charge in [-0.15, -0.1) is 0 Å². The third kappa shape index (κ3) is 4.58. The zero-order chi connectivity index (χ0) is 24.6. The fourth-order valence-corrected chi connectivity index (χ4v) is 5.55. The Hall–Kier alpha value is -3.38. The average Bonchev–Trinajstić information content (AvgIpc) is 3.49. The molecule has 4 nitrogen and oxygen atoms in total. The van der Waals surface area contributed by atoms with Crippen LogP contribution in [0, 0.1) is 0 Å². The highest BCUT2D eigenvalue weighted by atomic mass is 35.5. The standard InChI is InChI=1S/C29H19Cl2N3OS/c30-23-11-5-18(6-12-23)15-27-28(35)32-29(36-27)34-26(20-9-13-24(31)14-10-20)17-25(33-34)22-8-7-19-3-1-2-4-21(19)16-22/h1-16,26H,17H2/b27-15-. The fraction of sp³-hybridized carbons (Fsp3) is 0.0690. The molecule has 1 amide bonds. The Balaban J connectivity index is 1.36. The molecule has 7 heteroatoms. The summed E-state index contributed by atoms with van der Waals surface area (Å²) in [5.74, 6) is -0.269. The maximum absolute atomic E-state index is 12.8. The number of thioether (sulfide) groups is 1. The van der Waals surface area contributed by atoms with Gasteiger partial charge in [-0.25, -0.2) is 5.01 Å². The minimum Gasteiger partial charge on any atom is -0.266 e. The van der Waals surface area contributed by atoms with Gasteiger partial charge in [0.15, 0.2) is 5.17 Å². The lowest BCUT2D eigenvalue weighted by atomic mass is 9.97. The molecule has 0 saturated heterocycles. The van der Waals surface area contributed by atoms with Crippen LogP contribution in [0.5, 0.6) is 0 Å². The van der Waals surface area contributed by atoms with E-state index in [-0.39, 0.29) is 11.9 Å². The highest BCUT2D eigenvalue weighted by Gasteiger charge is 2.36. The van der Waals surface area contributed by atoms with Gasteiger partial charge < -0.3 is 0 Å². The lowest BCUT2D eigenvalue weighted by Gasteiger charge is -2.22. The number of benzene rings is 4. The first-order chi connectivity index (χ1) is 17.5. The van der Waals surface area contributed by atoms with E-state index in [0.717, 1.165) is 27.8 Å². The van der Waals surface area contributed by atoms with Crippen LogP contribution in [0.4, 0.5) is 0 Å². The monoisotopic (exact) mass is 527 g/mol. The molecule has 0 radical (unpaired) electrons. The van der Waals surface area contributed by atoms with Gasteiger partial charge in [-0.1, -0.05) is 83.9 Å². The van der Waals surface area contributed by atoms with Crippen LogP contribution in [0.3, 0.4) is 0 Å². The highest BCUT2D eigenvalue weighted by molar-refractivity contribution is 8.18. The average molecular weight is 528 g/mol. The second kappa shape index (κ2) is 9.58. The van der Waals surface area contributed by atoms with E-state index < -0.39 is 0 Å². The van der Waals surface area contributed by atoms with Crippen LogP contribution in [0.25, 0.3) is 16.8 Å². The molecule has 2 aliphatic rings. The van der Waals surface area contributed by atoms with Crippen molar-refractivity contribution < 1.29 is 4.79 Å². The van der Waals surface area contributed by atoms with Gasteiger partial charge in [-0.3, -0.25) is 4.79 Å². The van der Waals surface area contributed by atoms with E-state index in [1.807, 2.05) is 59.6 Å². The Bertz CT molecular complexity index is 1580. The van der Waals surface area contributed by atoms with Crippen molar-refractivity contribution in [1.29, 1.82) is 0 Å². The molecule has 0 bridgehead atoms. The molecule has 0 N–H and O–H groups in total. The van der Waals surface area contributed by atoms with Crippen LogP contribution in [0.15, 0.2) is 106 Å². The number of carbonyl (C=O) groups is 1. The number of nitrogens with zero attached hydrogens (tertiary/aromatic N) is 3. The number of hydrogen-bond donors (Lipinski definition) is 0. The normalized spacial score (nSPS) is 18.7. The maximum Gasteiger partial charge on any atom is 0.286 e. The molecule has 0 aliphatic carbocycles. The van der Waals surface area contributed by atoms with Crippen molar-refractivity contribution in [3.63, 3.8) is 0 Å². The molecule has 0 aromatic heterocycles.